The van der Waals surface area contributed by atoms with Crippen molar-refractivity contribution < 1.29 is 8.42 Å². The van der Waals surface area contributed by atoms with Crippen molar-refractivity contribution in [2.75, 3.05) is 5.73 Å². The standard InChI is InChI=1S/C14H21ClN2O2S/c1-2-10-5-3-4-6-13(10)17-20(18,19)14-9-11(15)7-8-12(14)16/h7-10,13,17H,2-6,16H2,1H3. The number of halogens is 1. The van der Waals surface area contributed by atoms with Crippen molar-refractivity contribution in [1.82, 2.24) is 4.72 Å². The number of benzene rings is 1. The summed E-state index contributed by atoms with van der Waals surface area (Å²) in [5.74, 6) is 0.402. The summed E-state index contributed by atoms with van der Waals surface area (Å²) in [7, 11) is -3.62. The zero-order chi connectivity index (χ0) is 14.8. The van der Waals surface area contributed by atoms with Gasteiger partial charge in [0.25, 0.3) is 0 Å². The quantitative estimate of drug-likeness (QED) is 0.838. The Morgan fingerprint density at radius 2 is 2.05 bits per heavy atom. The van der Waals surface area contributed by atoms with Crippen molar-refractivity contribution in [3.63, 3.8) is 0 Å². The Morgan fingerprint density at radius 3 is 2.75 bits per heavy atom. The van der Waals surface area contributed by atoms with Gasteiger partial charge in [-0.05, 0) is 37.0 Å². The van der Waals surface area contributed by atoms with Crippen molar-refractivity contribution in [1.29, 1.82) is 0 Å². The molecule has 0 amide bonds. The van der Waals surface area contributed by atoms with Gasteiger partial charge in [-0.1, -0.05) is 37.8 Å². The summed E-state index contributed by atoms with van der Waals surface area (Å²) >= 11 is 5.87. The molecule has 2 unspecified atom stereocenters. The number of anilines is 1. The third-order valence-electron chi connectivity index (χ3n) is 4.01. The smallest absolute Gasteiger partial charge is 0.242 e. The van der Waals surface area contributed by atoms with Crippen LogP contribution < -0.4 is 10.5 Å². The van der Waals surface area contributed by atoms with E-state index < -0.39 is 10.0 Å². The van der Waals surface area contributed by atoms with Gasteiger partial charge < -0.3 is 5.73 Å². The van der Waals surface area contributed by atoms with Gasteiger partial charge >= 0.3 is 0 Å². The Balaban J connectivity index is 2.24. The Morgan fingerprint density at radius 1 is 1.35 bits per heavy atom. The lowest BCUT2D eigenvalue weighted by molar-refractivity contribution is 0.282. The molecule has 0 aliphatic heterocycles. The molecule has 0 radical (unpaired) electrons. The topological polar surface area (TPSA) is 72.2 Å². The van der Waals surface area contributed by atoms with E-state index in [4.69, 9.17) is 17.3 Å². The van der Waals surface area contributed by atoms with Gasteiger partial charge in [-0.3, -0.25) is 0 Å². The molecule has 6 heteroatoms. The summed E-state index contributed by atoms with van der Waals surface area (Å²) < 4.78 is 27.8. The molecule has 1 aromatic carbocycles. The van der Waals surface area contributed by atoms with Crippen LogP contribution in [0.1, 0.15) is 39.0 Å². The minimum Gasteiger partial charge on any atom is -0.398 e. The minimum absolute atomic E-state index is 0.00266. The maximum atomic E-state index is 12.5. The van der Waals surface area contributed by atoms with E-state index in [0.717, 1.165) is 25.7 Å². The second kappa shape index (κ2) is 6.33. The van der Waals surface area contributed by atoms with E-state index in [2.05, 4.69) is 11.6 Å². The van der Waals surface area contributed by atoms with Crippen LogP contribution in [0.4, 0.5) is 5.69 Å². The molecule has 2 rings (SSSR count). The largest absolute Gasteiger partial charge is 0.398 e. The highest BCUT2D eigenvalue weighted by molar-refractivity contribution is 7.89. The van der Waals surface area contributed by atoms with Crippen LogP contribution in [-0.4, -0.2) is 14.5 Å². The van der Waals surface area contributed by atoms with E-state index in [0.29, 0.717) is 10.9 Å². The number of nitrogens with one attached hydrogen (secondary N) is 1. The first kappa shape index (κ1) is 15.6. The normalized spacial score (nSPS) is 23.7. The van der Waals surface area contributed by atoms with Gasteiger partial charge in [-0.15, -0.1) is 0 Å². The molecule has 0 heterocycles. The Kier molecular flexibility index (Phi) is 4.94. The van der Waals surface area contributed by atoms with Crippen molar-refractivity contribution in [3.8, 4) is 0 Å². The van der Waals surface area contributed by atoms with Crippen LogP contribution in [0, 0.1) is 5.92 Å². The van der Waals surface area contributed by atoms with Crippen molar-refractivity contribution >= 4 is 27.3 Å². The molecular weight excluding hydrogens is 296 g/mol. The predicted octanol–water partition coefficient (Wildman–Crippen LogP) is 3.17. The predicted molar refractivity (Wildman–Crippen MR) is 82.2 cm³/mol. The number of hydrogen-bond acceptors (Lipinski definition) is 3. The highest BCUT2D eigenvalue weighted by Crippen LogP contribution is 2.29. The molecule has 3 N–H and O–H groups in total. The van der Waals surface area contributed by atoms with Crippen molar-refractivity contribution in [3.05, 3.63) is 23.2 Å². The fourth-order valence-corrected chi connectivity index (χ4v) is 4.59. The Bertz CT molecular complexity index is 575. The third-order valence-corrected chi connectivity index (χ3v) is 5.79. The molecule has 0 spiro atoms. The van der Waals surface area contributed by atoms with Gasteiger partial charge in [0, 0.05) is 11.1 Å². The van der Waals surface area contributed by atoms with Gasteiger partial charge in [0.05, 0.1) is 5.69 Å². The molecule has 1 aliphatic carbocycles. The first-order valence-corrected chi connectivity index (χ1v) is 8.87. The fourth-order valence-electron chi connectivity index (χ4n) is 2.86. The van der Waals surface area contributed by atoms with Crippen LogP contribution in [0.3, 0.4) is 0 Å². The second-order valence-electron chi connectivity index (χ2n) is 5.36. The van der Waals surface area contributed by atoms with Crippen LogP contribution in [0.2, 0.25) is 5.02 Å². The number of rotatable bonds is 4. The van der Waals surface area contributed by atoms with E-state index in [1.807, 2.05) is 0 Å². The summed E-state index contributed by atoms with van der Waals surface area (Å²) in [4.78, 5) is 0.0745. The molecular formula is C14H21ClN2O2S. The van der Waals surface area contributed by atoms with Crippen LogP contribution in [-0.2, 0) is 10.0 Å². The maximum absolute atomic E-state index is 12.5. The zero-order valence-electron chi connectivity index (χ0n) is 11.6. The second-order valence-corrected chi connectivity index (χ2v) is 7.48. The first-order chi connectivity index (χ1) is 9.44. The molecule has 2 atom stereocenters. The van der Waals surface area contributed by atoms with E-state index in [1.165, 1.54) is 18.6 Å². The lowest BCUT2D eigenvalue weighted by Gasteiger charge is -2.31. The highest BCUT2D eigenvalue weighted by Gasteiger charge is 2.29. The van der Waals surface area contributed by atoms with Crippen LogP contribution in [0.25, 0.3) is 0 Å². The van der Waals surface area contributed by atoms with Gasteiger partial charge in [0.15, 0.2) is 0 Å². The highest BCUT2D eigenvalue weighted by atomic mass is 35.5. The zero-order valence-corrected chi connectivity index (χ0v) is 13.2. The number of hydrogen-bond donors (Lipinski definition) is 2. The van der Waals surface area contributed by atoms with Crippen LogP contribution in [0.5, 0.6) is 0 Å². The molecule has 0 aromatic heterocycles. The monoisotopic (exact) mass is 316 g/mol. The summed E-state index contributed by atoms with van der Waals surface area (Å²) in [6, 6.07) is 4.51. The van der Waals surface area contributed by atoms with E-state index in [9.17, 15) is 8.42 Å². The molecule has 4 nitrogen and oxygen atoms in total. The molecule has 1 aliphatic rings. The van der Waals surface area contributed by atoms with Crippen LogP contribution >= 0.6 is 11.6 Å². The fraction of sp³-hybridized carbons (Fsp3) is 0.571. The third kappa shape index (κ3) is 3.45. The minimum atomic E-state index is -3.62. The molecule has 112 valence electrons. The number of sulfonamides is 1. The Labute approximate surface area is 125 Å². The lowest BCUT2D eigenvalue weighted by Crippen LogP contribution is -2.42. The van der Waals surface area contributed by atoms with Crippen LogP contribution in [0.15, 0.2) is 23.1 Å². The lowest BCUT2D eigenvalue weighted by atomic mass is 9.83. The number of nitrogens with two attached hydrogens (primary N) is 1. The Hall–Kier alpha value is -0.780. The molecule has 1 aromatic rings. The van der Waals surface area contributed by atoms with Gasteiger partial charge in [0.1, 0.15) is 4.90 Å². The summed E-state index contributed by atoms with van der Waals surface area (Å²) in [6.07, 6.45) is 5.19. The maximum Gasteiger partial charge on any atom is 0.242 e. The summed E-state index contributed by atoms with van der Waals surface area (Å²) in [5, 5.41) is 0.371. The molecule has 1 saturated carbocycles. The average Bonchev–Trinajstić information content (AvgIpc) is 2.41. The molecule has 20 heavy (non-hydrogen) atoms. The van der Waals surface area contributed by atoms with Crippen molar-refractivity contribution in [2.45, 2.75) is 50.0 Å². The summed E-state index contributed by atoms with van der Waals surface area (Å²) in [6.45, 7) is 2.10. The SMILES string of the molecule is CCC1CCCCC1NS(=O)(=O)c1cc(Cl)ccc1N. The van der Waals surface area contributed by atoms with Gasteiger partial charge in [-0.25, -0.2) is 13.1 Å². The molecule has 0 saturated heterocycles. The molecule has 1 fully saturated rings. The molecule has 0 bridgehead atoms. The van der Waals surface area contributed by atoms with E-state index >= 15 is 0 Å². The average molecular weight is 317 g/mol. The van der Waals surface area contributed by atoms with E-state index in [1.54, 1.807) is 6.07 Å². The first-order valence-electron chi connectivity index (χ1n) is 7.01. The van der Waals surface area contributed by atoms with Gasteiger partial charge in [-0.2, -0.15) is 0 Å². The van der Waals surface area contributed by atoms with Gasteiger partial charge in [0.2, 0.25) is 10.0 Å². The number of nitrogen functional groups attached to an aromatic ring is 1. The van der Waals surface area contributed by atoms with E-state index in [-0.39, 0.29) is 16.6 Å². The van der Waals surface area contributed by atoms with Crippen molar-refractivity contribution in [2.24, 2.45) is 5.92 Å². The summed E-state index contributed by atoms with van der Waals surface area (Å²) in [5.41, 5.74) is 6.00.